The van der Waals surface area contributed by atoms with E-state index in [2.05, 4.69) is 35.1 Å². The molecule has 3 rings (SSSR count). The van der Waals surface area contributed by atoms with Crippen LogP contribution in [0.15, 0.2) is 42.7 Å². The Morgan fingerprint density at radius 1 is 1.10 bits per heavy atom. The van der Waals surface area contributed by atoms with E-state index in [-0.39, 0.29) is 6.04 Å². The van der Waals surface area contributed by atoms with Gasteiger partial charge in [-0.05, 0) is 30.2 Å². The molecular weight excluding hydrogens is 266 g/mol. The minimum absolute atomic E-state index is 0.0428. The van der Waals surface area contributed by atoms with Gasteiger partial charge in [-0.25, -0.2) is 0 Å². The van der Waals surface area contributed by atoms with Crippen LogP contribution in [0.4, 0.5) is 0 Å². The van der Waals surface area contributed by atoms with Crippen LogP contribution in [0.2, 0.25) is 0 Å². The van der Waals surface area contributed by atoms with Gasteiger partial charge in [0.2, 0.25) is 0 Å². The standard InChI is InChI=1S/C16H17N3S/c1-2-11-6-7-12(20-11)10-14(17)13-4-3-5-15-16(13)19-9-8-18-15/h3-9,14H,2,10,17H2,1H3. The summed E-state index contributed by atoms with van der Waals surface area (Å²) >= 11 is 1.85. The van der Waals surface area contributed by atoms with Crippen LogP contribution in [-0.4, -0.2) is 9.97 Å². The van der Waals surface area contributed by atoms with E-state index < -0.39 is 0 Å². The fourth-order valence-electron chi connectivity index (χ4n) is 2.36. The Labute approximate surface area is 122 Å². The van der Waals surface area contributed by atoms with E-state index >= 15 is 0 Å². The van der Waals surface area contributed by atoms with Gasteiger partial charge in [0.25, 0.3) is 0 Å². The van der Waals surface area contributed by atoms with Gasteiger partial charge in [-0.2, -0.15) is 0 Å². The zero-order valence-corrected chi connectivity index (χ0v) is 12.2. The molecule has 2 N–H and O–H groups in total. The number of benzene rings is 1. The van der Waals surface area contributed by atoms with Gasteiger partial charge >= 0.3 is 0 Å². The Balaban J connectivity index is 1.90. The molecule has 0 saturated carbocycles. The van der Waals surface area contributed by atoms with Crippen molar-refractivity contribution in [2.75, 3.05) is 0 Å². The van der Waals surface area contributed by atoms with E-state index in [1.165, 1.54) is 9.75 Å². The Kier molecular flexibility index (Phi) is 3.76. The van der Waals surface area contributed by atoms with Gasteiger partial charge in [0.15, 0.2) is 0 Å². The minimum Gasteiger partial charge on any atom is -0.324 e. The van der Waals surface area contributed by atoms with Gasteiger partial charge in [-0.1, -0.05) is 19.1 Å². The average Bonchev–Trinajstić information content (AvgIpc) is 2.94. The van der Waals surface area contributed by atoms with Crippen LogP contribution in [0.25, 0.3) is 11.0 Å². The highest BCUT2D eigenvalue weighted by Gasteiger charge is 2.13. The van der Waals surface area contributed by atoms with Crippen LogP contribution in [-0.2, 0) is 12.8 Å². The van der Waals surface area contributed by atoms with Gasteiger partial charge in [-0.15, -0.1) is 11.3 Å². The number of nitrogens with two attached hydrogens (primary N) is 1. The molecule has 0 aliphatic heterocycles. The molecule has 3 nitrogen and oxygen atoms in total. The summed E-state index contributed by atoms with van der Waals surface area (Å²) in [5, 5.41) is 0. The van der Waals surface area contributed by atoms with Crippen molar-refractivity contribution < 1.29 is 0 Å². The zero-order chi connectivity index (χ0) is 13.9. The highest BCUT2D eigenvalue weighted by molar-refractivity contribution is 7.11. The molecular formula is C16H17N3S. The van der Waals surface area contributed by atoms with Crippen molar-refractivity contribution in [3.8, 4) is 0 Å². The maximum absolute atomic E-state index is 6.38. The summed E-state index contributed by atoms with van der Waals surface area (Å²) in [7, 11) is 0. The molecule has 0 bridgehead atoms. The third-order valence-corrected chi connectivity index (χ3v) is 4.67. The second-order valence-corrected chi connectivity index (χ2v) is 6.06. The van der Waals surface area contributed by atoms with E-state index in [0.29, 0.717) is 0 Å². The average molecular weight is 283 g/mol. The Morgan fingerprint density at radius 3 is 2.70 bits per heavy atom. The highest BCUT2D eigenvalue weighted by Crippen LogP contribution is 2.26. The van der Waals surface area contributed by atoms with Gasteiger partial charge in [0.05, 0.1) is 11.0 Å². The third kappa shape index (κ3) is 2.57. The smallest absolute Gasteiger partial charge is 0.0934 e. The predicted octanol–water partition coefficient (Wildman–Crippen LogP) is 3.50. The molecule has 0 spiro atoms. The van der Waals surface area contributed by atoms with Crippen LogP contribution < -0.4 is 5.73 Å². The number of thiophene rings is 1. The molecule has 20 heavy (non-hydrogen) atoms. The summed E-state index contributed by atoms with van der Waals surface area (Å²) < 4.78 is 0. The molecule has 0 amide bonds. The summed E-state index contributed by atoms with van der Waals surface area (Å²) in [6.07, 6.45) is 5.36. The van der Waals surface area contributed by atoms with Crippen LogP contribution >= 0.6 is 11.3 Å². The van der Waals surface area contributed by atoms with Crippen LogP contribution in [0, 0.1) is 0 Å². The number of hydrogen-bond donors (Lipinski definition) is 1. The van der Waals surface area contributed by atoms with Crippen LogP contribution in [0.5, 0.6) is 0 Å². The first kappa shape index (κ1) is 13.2. The Hall–Kier alpha value is -1.78. The topological polar surface area (TPSA) is 51.8 Å². The van der Waals surface area contributed by atoms with Crippen molar-refractivity contribution in [1.29, 1.82) is 0 Å². The summed E-state index contributed by atoms with van der Waals surface area (Å²) in [6.45, 7) is 2.18. The first-order valence-corrected chi connectivity index (χ1v) is 7.62. The monoisotopic (exact) mass is 283 g/mol. The second-order valence-electron chi connectivity index (χ2n) is 4.80. The SMILES string of the molecule is CCc1ccc(CC(N)c2cccc3nccnc23)s1. The molecule has 1 atom stereocenters. The summed E-state index contributed by atoms with van der Waals surface area (Å²) in [6, 6.07) is 10.3. The molecule has 4 heteroatoms. The fourth-order valence-corrected chi connectivity index (χ4v) is 3.38. The third-order valence-electron chi connectivity index (χ3n) is 3.42. The number of para-hydroxylation sites is 1. The van der Waals surface area contributed by atoms with Gasteiger partial charge in [-0.3, -0.25) is 9.97 Å². The van der Waals surface area contributed by atoms with Crippen molar-refractivity contribution >= 4 is 22.4 Å². The molecule has 2 heterocycles. The quantitative estimate of drug-likeness (QED) is 0.797. The molecule has 1 unspecified atom stereocenters. The molecule has 1 aromatic carbocycles. The van der Waals surface area contributed by atoms with E-state index in [1.807, 2.05) is 23.5 Å². The normalized spacial score (nSPS) is 12.7. The molecule has 0 aliphatic rings. The molecule has 0 aliphatic carbocycles. The van der Waals surface area contributed by atoms with Gasteiger partial charge in [0, 0.05) is 34.6 Å². The van der Waals surface area contributed by atoms with Crippen molar-refractivity contribution in [2.24, 2.45) is 5.73 Å². The van der Waals surface area contributed by atoms with Crippen molar-refractivity contribution in [1.82, 2.24) is 9.97 Å². The zero-order valence-electron chi connectivity index (χ0n) is 11.4. The number of rotatable bonds is 4. The molecule has 102 valence electrons. The maximum atomic E-state index is 6.38. The van der Waals surface area contributed by atoms with Gasteiger partial charge < -0.3 is 5.73 Å². The van der Waals surface area contributed by atoms with E-state index in [0.717, 1.165) is 29.4 Å². The number of aryl methyl sites for hydroxylation is 1. The fraction of sp³-hybridized carbons (Fsp3) is 0.250. The lowest BCUT2D eigenvalue weighted by Gasteiger charge is -2.12. The summed E-state index contributed by atoms with van der Waals surface area (Å²) in [5.74, 6) is 0. The molecule has 2 aromatic heterocycles. The van der Waals surface area contributed by atoms with E-state index in [9.17, 15) is 0 Å². The first-order chi connectivity index (χ1) is 9.78. The number of hydrogen-bond acceptors (Lipinski definition) is 4. The summed E-state index contributed by atoms with van der Waals surface area (Å²) in [5.41, 5.74) is 9.27. The molecule has 0 fully saturated rings. The summed E-state index contributed by atoms with van der Waals surface area (Å²) in [4.78, 5) is 11.5. The van der Waals surface area contributed by atoms with Crippen molar-refractivity contribution in [2.45, 2.75) is 25.8 Å². The van der Waals surface area contributed by atoms with Crippen molar-refractivity contribution in [3.63, 3.8) is 0 Å². The van der Waals surface area contributed by atoms with Gasteiger partial charge in [0.1, 0.15) is 0 Å². The molecule has 3 aromatic rings. The Morgan fingerprint density at radius 2 is 1.90 bits per heavy atom. The van der Waals surface area contributed by atoms with E-state index in [1.54, 1.807) is 12.4 Å². The van der Waals surface area contributed by atoms with E-state index in [4.69, 9.17) is 5.73 Å². The Bertz CT molecular complexity index is 715. The lowest BCUT2D eigenvalue weighted by molar-refractivity contribution is 0.734. The molecule has 0 radical (unpaired) electrons. The van der Waals surface area contributed by atoms with Crippen LogP contribution in [0.3, 0.4) is 0 Å². The highest BCUT2D eigenvalue weighted by atomic mass is 32.1. The second kappa shape index (κ2) is 5.69. The number of aromatic nitrogens is 2. The largest absolute Gasteiger partial charge is 0.324 e. The molecule has 0 saturated heterocycles. The van der Waals surface area contributed by atoms with Crippen LogP contribution in [0.1, 0.15) is 28.3 Å². The first-order valence-electron chi connectivity index (χ1n) is 6.80. The predicted molar refractivity (Wildman–Crippen MR) is 83.9 cm³/mol. The number of nitrogens with zero attached hydrogens (tertiary/aromatic N) is 2. The lowest BCUT2D eigenvalue weighted by Crippen LogP contribution is -2.13. The number of fused-ring (bicyclic) bond motifs is 1. The maximum Gasteiger partial charge on any atom is 0.0934 e. The van der Waals surface area contributed by atoms with Crippen molar-refractivity contribution in [3.05, 3.63) is 58.0 Å². The minimum atomic E-state index is -0.0428. The lowest BCUT2D eigenvalue weighted by atomic mass is 10.0.